The van der Waals surface area contributed by atoms with Gasteiger partial charge in [0.25, 0.3) is 0 Å². The highest BCUT2D eigenvalue weighted by Gasteiger charge is 2.07. The first kappa shape index (κ1) is 19.5. The maximum absolute atomic E-state index is 6.11. The lowest BCUT2D eigenvalue weighted by Gasteiger charge is -2.17. The van der Waals surface area contributed by atoms with Gasteiger partial charge in [-0.25, -0.2) is 0 Å². The fourth-order valence-electron chi connectivity index (χ4n) is 2.45. The number of nitrogens with one attached hydrogen (secondary N) is 1. The van der Waals surface area contributed by atoms with Gasteiger partial charge in [-0.05, 0) is 49.7 Å². The van der Waals surface area contributed by atoms with Crippen LogP contribution in [0.5, 0.6) is 11.5 Å². The summed E-state index contributed by atoms with van der Waals surface area (Å²) in [5.74, 6) is 1.63. The second-order valence-electron chi connectivity index (χ2n) is 6.17. The molecule has 0 spiro atoms. The van der Waals surface area contributed by atoms with E-state index in [1.54, 1.807) is 0 Å². The lowest BCUT2D eigenvalue weighted by atomic mass is 10.2. The summed E-state index contributed by atoms with van der Waals surface area (Å²) in [6.45, 7) is 5.72. The van der Waals surface area contributed by atoms with Crippen molar-refractivity contribution in [3.05, 3.63) is 53.6 Å². The third kappa shape index (κ3) is 7.27. The maximum atomic E-state index is 6.11. The number of ether oxygens (including phenoxy) is 2. The highest BCUT2D eigenvalue weighted by Crippen LogP contribution is 2.24. The predicted molar refractivity (Wildman–Crippen MR) is 106 cm³/mol. The van der Waals surface area contributed by atoms with Crippen molar-refractivity contribution < 1.29 is 9.47 Å². The van der Waals surface area contributed by atoms with Crippen LogP contribution in [-0.2, 0) is 0 Å². The van der Waals surface area contributed by atoms with E-state index in [0.29, 0.717) is 17.3 Å². The van der Waals surface area contributed by atoms with Crippen molar-refractivity contribution in [3.8, 4) is 11.5 Å². The summed E-state index contributed by atoms with van der Waals surface area (Å²) in [6, 6.07) is 15.6. The Morgan fingerprint density at radius 2 is 1.76 bits per heavy atom. The van der Waals surface area contributed by atoms with Crippen molar-refractivity contribution in [2.45, 2.75) is 45.6 Å². The van der Waals surface area contributed by atoms with Crippen molar-refractivity contribution in [1.29, 1.82) is 0 Å². The molecule has 0 bridgehead atoms. The Kier molecular flexibility index (Phi) is 8.47. The zero-order valence-electron chi connectivity index (χ0n) is 15.1. The number of anilines is 1. The van der Waals surface area contributed by atoms with E-state index < -0.39 is 0 Å². The predicted octanol–water partition coefficient (Wildman–Crippen LogP) is 6.18. The number of unbranched alkanes of at least 4 members (excludes halogenated alkanes) is 3. The van der Waals surface area contributed by atoms with E-state index in [9.17, 15) is 0 Å². The van der Waals surface area contributed by atoms with Crippen LogP contribution in [0.25, 0.3) is 0 Å². The van der Waals surface area contributed by atoms with Crippen LogP contribution in [-0.4, -0.2) is 19.3 Å². The molecule has 136 valence electrons. The molecule has 0 aromatic heterocycles. The molecule has 1 N–H and O–H groups in total. The van der Waals surface area contributed by atoms with Crippen LogP contribution >= 0.6 is 11.6 Å². The van der Waals surface area contributed by atoms with Crippen LogP contribution < -0.4 is 14.8 Å². The van der Waals surface area contributed by atoms with Gasteiger partial charge < -0.3 is 14.8 Å². The molecule has 0 aliphatic heterocycles. The van der Waals surface area contributed by atoms with E-state index in [4.69, 9.17) is 21.1 Å². The van der Waals surface area contributed by atoms with Crippen LogP contribution in [0.1, 0.15) is 39.5 Å². The van der Waals surface area contributed by atoms with Gasteiger partial charge in [-0.1, -0.05) is 49.9 Å². The van der Waals surface area contributed by atoms with E-state index in [1.165, 1.54) is 19.3 Å². The number of halogens is 1. The molecule has 0 saturated carbocycles. The normalized spacial score (nSPS) is 11.8. The van der Waals surface area contributed by atoms with Gasteiger partial charge in [0.15, 0.2) is 0 Å². The third-order valence-electron chi connectivity index (χ3n) is 3.88. The van der Waals surface area contributed by atoms with Crippen LogP contribution in [0.4, 0.5) is 5.69 Å². The first-order chi connectivity index (χ1) is 12.2. The number of rotatable bonds is 11. The van der Waals surface area contributed by atoms with Crippen molar-refractivity contribution in [2.75, 3.05) is 18.5 Å². The van der Waals surface area contributed by atoms with Crippen LogP contribution in [0.3, 0.4) is 0 Å². The Morgan fingerprint density at radius 3 is 2.48 bits per heavy atom. The van der Waals surface area contributed by atoms with Gasteiger partial charge in [-0.2, -0.15) is 0 Å². The Morgan fingerprint density at radius 1 is 1.00 bits per heavy atom. The fourth-order valence-corrected chi connectivity index (χ4v) is 2.63. The minimum absolute atomic E-state index is 0.00870. The van der Waals surface area contributed by atoms with Crippen molar-refractivity contribution in [3.63, 3.8) is 0 Å². The second kappa shape index (κ2) is 10.9. The Balaban J connectivity index is 1.71. The average Bonchev–Trinajstić information content (AvgIpc) is 2.63. The lowest BCUT2D eigenvalue weighted by molar-refractivity contribution is 0.235. The summed E-state index contributed by atoms with van der Waals surface area (Å²) >= 11 is 6.11. The van der Waals surface area contributed by atoms with Gasteiger partial charge in [0.1, 0.15) is 17.6 Å². The highest BCUT2D eigenvalue weighted by molar-refractivity contribution is 6.32. The minimum atomic E-state index is 0.00870. The first-order valence-electron chi connectivity index (χ1n) is 9.07. The number of hydrogen-bond donors (Lipinski definition) is 1. The SMILES string of the molecule is CCCCCCOc1ccc(NCC(C)Oc2ccccc2Cl)cc1. The second-order valence-corrected chi connectivity index (χ2v) is 6.58. The number of para-hydroxylation sites is 1. The van der Waals surface area contributed by atoms with E-state index in [0.717, 1.165) is 24.5 Å². The van der Waals surface area contributed by atoms with Crippen LogP contribution in [0, 0.1) is 0 Å². The monoisotopic (exact) mass is 361 g/mol. The summed E-state index contributed by atoms with van der Waals surface area (Å²) in [4.78, 5) is 0. The standard InChI is InChI=1S/C21H28ClNO2/c1-3-4-5-8-15-24-19-13-11-18(12-14-19)23-16-17(2)25-21-10-7-6-9-20(21)22/h6-7,9-14,17,23H,3-5,8,15-16H2,1-2H3. The molecule has 2 rings (SSSR count). The molecular weight excluding hydrogens is 334 g/mol. The summed E-state index contributed by atoms with van der Waals surface area (Å²) in [5, 5.41) is 4.01. The van der Waals surface area contributed by atoms with E-state index >= 15 is 0 Å². The molecule has 4 heteroatoms. The molecule has 0 radical (unpaired) electrons. The smallest absolute Gasteiger partial charge is 0.138 e. The molecule has 0 fully saturated rings. The van der Waals surface area contributed by atoms with Crippen molar-refractivity contribution in [1.82, 2.24) is 0 Å². The molecule has 1 unspecified atom stereocenters. The summed E-state index contributed by atoms with van der Waals surface area (Å²) in [6.07, 6.45) is 4.89. The Hall–Kier alpha value is -1.87. The van der Waals surface area contributed by atoms with Gasteiger partial charge in [0.05, 0.1) is 18.2 Å². The molecule has 3 nitrogen and oxygen atoms in total. The minimum Gasteiger partial charge on any atom is -0.494 e. The molecule has 2 aromatic rings. The Bertz CT molecular complexity index is 616. The number of hydrogen-bond acceptors (Lipinski definition) is 3. The maximum Gasteiger partial charge on any atom is 0.138 e. The van der Waals surface area contributed by atoms with Gasteiger partial charge in [-0.15, -0.1) is 0 Å². The zero-order valence-corrected chi connectivity index (χ0v) is 15.9. The van der Waals surface area contributed by atoms with Crippen LogP contribution in [0.2, 0.25) is 5.02 Å². The molecule has 0 amide bonds. The lowest BCUT2D eigenvalue weighted by Crippen LogP contribution is -2.22. The van der Waals surface area contributed by atoms with Crippen molar-refractivity contribution >= 4 is 17.3 Å². The summed E-state index contributed by atoms with van der Waals surface area (Å²) in [5.41, 5.74) is 1.05. The molecule has 0 saturated heterocycles. The summed E-state index contributed by atoms with van der Waals surface area (Å²) in [7, 11) is 0. The fraction of sp³-hybridized carbons (Fsp3) is 0.429. The zero-order chi connectivity index (χ0) is 17.9. The Labute approximate surface area is 156 Å². The van der Waals surface area contributed by atoms with Crippen LogP contribution in [0.15, 0.2) is 48.5 Å². The molecule has 0 aliphatic carbocycles. The molecule has 25 heavy (non-hydrogen) atoms. The first-order valence-corrected chi connectivity index (χ1v) is 9.44. The van der Waals surface area contributed by atoms with E-state index in [-0.39, 0.29) is 6.10 Å². The quantitative estimate of drug-likeness (QED) is 0.485. The third-order valence-corrected chi connectivity index (χ3v) is 4.19. The topological polar surface area (TPSA) is 30.5 Å². The van der Waals surface area contributed by atoms with Gasteiger partial charge in [-0.3, -0.25) is 0 Å². The molecule has 1 atom stereocenters. The average molecular weight is 362 g/mol. The molecular formula is C21H28ClNO2. The van der Waals surface area contributed by atoms with Gasteiger partial charge >= 0.3 is 0 Å². The van der Waals surface area contributed by atoms with Gasteiger partial charge in [0, 0.05) is 5.69 Å². The number of benzene rings is 2. The molecule has 0 heterocycles. The molecule has 0 aliphatic rings. The van der Waals surface area contributed by atoms with E-state index in [2.05, 4.69) is 12.2 Å². The molecule has 2 aromatic carbocycles. The largest absolute Gasteiger partial charge is 0.494 e. The highest BCUT2D eigenvalue weighted by atomic mass is 35.5. The van der Waals surface area contributed by atoms with E-state index in [1.807, 2.05) is 55.5 Å². The summed E-state index contributed by atoms with van der Waals surface area (Å²) < 4.78 is 11.6. The van der Waals surface area contributed by atoms with Crippen molar-refractivity contribution in [2.24, 2.45) is 0 Å². The van der Waals surface area contributed by atoms with Gasteiger partial charge in [0.2, 0.25) is 0 Å².